The molecule has 0 rings (SSSR count). The Labute approximate surface area is 381 Å². The first-order chi connectivity index (χ1) is 30.8. The molecule has 17 heteroatoms. The zero-order chi connectivity index (χ0) is 47.4. The van der Waals surface area contributed by atoms with Gasteiger partial charge in [0.1, 0.15) is 31.5 Å². The number of carbonyl (C=O) groups excluding carboxylic acids is 2. The van der Waals surface area contributed by atoms with Crippen molar-refractivity contribution in [3.63, 3.8) is 0 Å². The average Bonchev–Trinajstić information content (AvgIpc) is 3.27. The van der Waals surface area contributed by atoms with Gasteiger partial charge in [-0.05, 0) is 51.4 Å². The number of aliphatic hydroxyl groups is 3. The summed E-state index contributed by atoms with van der Waals surface area (Å²) in [6.45, 7) is 0.0883. The monoisotopic (exact) mass is 942 g/mol. The first kappa shape index (κ1) is 60.7. The van der Waals surface area contributed by atoms with Crippen LogP contribution >= 0.6 is 15.6 Å². The summed E-state index contributed by atoms with van der Waals surface area (Å²) in [5.74, 6) is -1.11. The molecule has 0 spiro atoms. The van der Waals surface area contributed by atoms with E-state index in [1.807, 2.05) is 91.1 Å². The second-order valence-corrected chi connectivity index (χ2v) is 17.4. The minimum atomic E-state index is -4.81. The van der Waals surface area contributed by atoms with Crippen LogP contribution in [0.4, 0.5) is 0 Å². The lowest BCUT2D eigenvalue weighted by Crippen LogP contribution is -2.25. The van der Waals surface area contributed by atoms with Gasteiger partial charge in [0.05, 0.1) is 26.4 Å². The van der Waals surface area contributed by atoms with Crippen LogP contribution in [0.5, 0.6) is 0 Å². The van der Waals surface area contributed by atoms with E-state index in [-0.39, 0.29) is 12.8 Å². The fourth-order valence-electron chi connectivity index (χ4n) is 4.95. The van der Waals surface area contributed by atoms with Crippen LogP contribution in [0.3, 0.4) is 0 Å². The van der Waals surface area contributed by atoms with Crippen LogP contribution < -0.4 is 0 Å². The second kappa shape index (κ2) is 42.3. The summed E-state index contributed by atoms with van der Waals surface area (Å²) in [6.07, 6.45) is 45.3. The number of phosphoric acid groups is 2. The van der Waals surface area contributed by atoms with Crippen LogP contribution in [-0.2, 0) is 46.3 Å². The van der Waals surface area contributed by atoms with Gasteiger partial charge in [-0.3, -0.25) is 27.7 Å². The third-order valence-corrected chi connectivity index (χ3v) is 10.3. The highest BCUT2D eigenvalue weighted by Gasteiger charge is 2.28. The zero-order valence-corrected chi connectivity index (χ0v) is 39.7. The molecular weight excluding hydrogens is 866 g/mol. The smallest absolute Gasteiger partial charge is 0.463 e. The molecule has 0 saturated heterocycles. The lowest BCUT2D eigenvalue weighted by Gasteiger charge is -2.19. The molecule has 5 N–H and O–H groups in total. The summed E-state index contributed by atoms with van der Waals surface area (Å²) in [5, 5.41) is 29.9. The number of aliphatic hydroxyl groups excluding tert-OH is 3. The fourth-order valence-corrected chi connectivity index (χ4v) is 6.54. The Kier molecular flexibility index (Phi) is 40.2. The SMILES string of the molecule is CC/C=C/C=C/C=C\C=C\C=C\C=C\C=C\CCCCCC(=O)OCC(O)COP(=O)(O)OCC(O)COP(=O)(O)OCC(O)COC(=O)CC/C=C/C/C=C\CCCCCCCC. The normalized spacial score (nSPS) is 16.2. The molecule has 15 nitrogen and oxygen atoms in total. The number of allylic oxidation sites excluding steroid dienone is 18. The van der Waals surface area contributed by atoms with E-state index in [0.29, 0.717) is 12.8 Å². The highest BCUT2D eigenvalue weighted by atomic mass is 31.2. The van der Waals surface area contributed by atoms with Crippen LogP contribution in [0.15, 0.2) is 109 Å². The summed E-state index contributed by atoms with van der Waals surface area (Å²) in [7, 11) is -9.61. The van der Waals surface area contributed by atoms with Crippen LogP contribution in [0.1, 0.15) is 117 Å². The molecule has 0 aromatic rings. The lowest BCUT2D eigenvalue weighted by atomic mass is 10.1. The van der Waals surface area contributed by atoms with Gasteiger partial charge in [-0.1, -0.05) is 162 Å². The number of ether oxygens (including phenoxy) is 2. The van der Waals surface area contributed by atoms with E-state index in [0.717, 1.165) is 38.5 Å². The molecule has 0 saturated carbocycles. The van der Waals surface area contributed by atoms with Crippen molar-refractivity contribution in [3.05, 3.63) is 109 Å². The van der Waals surface area contributed by atoms with E-state index in [9.17, 15) is 43.8 Å². The standard InChI is InChI=1S/C47H76O15P2/c1-3-5-7-9-11-13-15-17-18-19-20-21-22-24-26-28-30-32-34-36-47(52)58-38-44(49)40-60-64(55,56)62-42-45(50)41-61-63(53,54)59-39-43(48)37-57-46(51)35-33-31-29-27-25-23-16-14-12-10-8-6-4-2/h5,7,9,11,13,15,17-26,29,31,43-45,48-50H,3-4,6,8,10,12,14,16,27-28,30,32-42H2,1-2H3,(H,53,54)(H,55,56)/b7-5+,11-9+,15-13-,18-17+,20-19+,22-21+,25-23-,26-24+,31-29+. The van der Waals surface area contributed by atoms with E-state index in [4.69, 9.17) is 9.47 Å². The molecule has 0 aliphatic rings. The number of carbonyl (C=O) groups is 2. The Bertz CT molecular complexity index is 1560. The average molecular weight is 943 g/mol. The molecule has 0 fully saturated rings. The highest BCUT2D eigenvalue weighted by Crippen LogP contribution is 2.45. The van der Waals surface area contributed by atoms with Crippen LogP contribution in [0.2, 0.25) is 0 Å². The largest absolute Gasteiger partial charge is 0.472 e. The maximum absolute atomic E-state index is 12.1. The first-order valence-corrected chi connectivity index (χ1v) is 25.3. The fraction of sp³-hybridized carbons (Fsp3) is 0.574. The summed E-state index contributed by atoms with van der Waals surface area (Å²) in [6, 6.07) is 0. The molecule has 0 aliphatic heterocycles. The Balaban J connectivity index is 4.05. The molecule has 0 radical (unpaired) electrons. The van der Waals surface area contributed by atoms with Gasteiger partial charge >= 0.3 is 27.6 Å². The van der Waals surface area contributed by atoms with E-state index in [2.05, 4.69) is 50.2 Å². The van der Waals surface area contributed by atoms with Crippen molar-refractivity contribution < 1.29 is 71.4 Å². The highest BCUT2D eigenvalue weighted by molar-refractivity contribution is 7.47. The van der Waals surface area contributed by atoms with E-state index in [1.165, 1.54) is 38.5 Å². The van der Waals surface area contributed by atoms with Gasteiger partial charge in [-0.25, -0.2) is 9.13 Å². The maximum atomic E-state index is 12.1. The van der Waals surface area contributed by atoms with Crippen LogP contribution in [0, 0.1) is 0 Å². The second-order valence-electron chi connectivity index (χ2n) is 14.5. The molecule has 0 heterocycles. The molecule has 0 bridgehead atoms. The van der Waals surface area contributed by atoms with Crippen molar-refractivity contribution in [2.45, 2.75) is 135 Å². The van der Waals surface area contributed by atoms with Crippen molar-refractivity contribution >= 4 is 27.6 Å². The van der Waals surface area contributed by atoms with Gasteiger partial charge in [-0.15, -0.1) is 0 Å². The van der Waals surface area contributed by atoms with Gasteiger partial charge in [0.25, 0.3) is 0 Å². The summed E-state index contributed by atoms with van der Waals surface area (Å²) < 4.78 is 52.8. The van der Waals surface area contributed by atoms with Crippen molar-refractivity contribution in [1.82, 2.24) is 0 Å². The molecule has 5 unspecified atom stereocenters. The Morgan fingerprint density at radius 2 is 0.812 bits per heavy atom. The third kappa shape index (κ3) is 43.9. The zero-order valence-electron chi connectivity index (χ0n) is 37.9. The number of unbranched alkanes of at least 4 members (excludes halogenated alkanes) is 9. The van der Waals surface area contributed by atoms with E-state index >= 15 is 0 Å². The van der Waals surface area contributed by atoms with Gasteiger partial charge in [-0.2, -0.15) is 0 Å². The minimum Gasteiger partial charge on any atom is -0.463 e. The van der Waals surface area contributed by atoms with Crippen LogP contribution in [-0.4, -0.2) is 95.0 Å². The molecular formula is C47H76O15P2. The minimum absolute atomic E-state index is 0.0849. The topological polar surface area (TPSA) is 225 Å². The maximum Gasteiger partial charge on any atom is 0.472 e. The summed E-state index contributed by atoms with van der Waals surface area (Å²) >= 11 is 0. The number of rotatable bonds is 41. The summed E-state index contributed by atoms with van der Waals surface area (Å²) in [4.78, 5) is 43.6. The lowest BCUT2D eigenvalue weighted by molar-refractivity contribution is -0.148. The number of hydrogen-bond acceptors (Lipinski definition) is 13. The van der Waals surface area contributed by atoms with Gasteiger partial charge in [0.15, 0.2) is 0 Å². The van der Waals surface area contributed by atoms with Crippen molar-refractivity contribution in [2.24, 2.45) is 0 Å². The van der Waals surface area contributed by atoms with Gasteiger partial charge in [0, 0.05) is 12.8 Å². The molecule has 0 aliphatic carbocycles. The third-order valence-electron chi connectivity index (χ3n) is 8.42. The Hall–Kier alpha value is -3.30. The van der Waals surface area contributed by atoms with Crippen molar-refractivity contribution in [3.8, 4) is 0 Å². The van der Waals surface area contributed by atoms with E-state index in [1.54, 1.807) is 0 Å². The number of esters is 2. The first-order valence-electron chi connectivity index (χ1n) is 22.3. The molecule has 5 atom stereocenters. The predicted octanol–water partition coefficient (Wildman–Crippen LogP) is 9.71. The molecule has 0 amide bonds. The molecule has 0 aromatic carbocycles. The summed E-state index contributed by atoms with van der Waals surface area (Å²) in [5.41, 5.74) is 0. The molecule has 64 heavy (non-hydrogen) atoms. The molecule has 0 aromatic heterocycles. The molecule has 364 valence electrons. The quantitative estimate of drug-likeness (QED) is 0.0126. The predicted molar refractivity (Wildman–Crippen MR) is 251 cm³/mol. The van der Waals surface area contributed by atoms with Crippen molar-refractivity contribution in [2.75, 3.05) is 39.6 Å². The Morgan fingerprint density at radius 3 is 1.30 bits per heavy atom. The van der Waals surface area contributed by atoms with Gasteiger partial charge < -0.3 is 34.6 Å². The number of hydrogen-bond donors (Lipinski definition) is 5. The van der Waals surface area contributed by atoms with E-state index < -0.39 is 85.5 Å². The van der Waals surface area contributed by atoms with Gasteiger partial charge in [0.2, 0.25) is 0 Å². The van der Waals surface area contributed by atoms with Crippen LogP contribution in [0.25, 0.3) is 0 Å². The van der Waals surface area contributed by atoms with Crippen molar-refractivity contribution in [1.29, 1.82) is 0 Å². The Morgan fingerprint density at radius 1 is 0.438 bits per heavy atom. The number of phosphoric ester groups is 2.